The first-order valence-corrected chi connectivity index (χ1v) is 9.60. The zero-order valence-corrected chi connectivity index (χ0v) is 15.1. The number of benzene rings is 2. The van der Waals surface area contributed by atoms with Gasteiger partial charge in [0.15, 0.2) is 9.84 Å². The molecule has 0 bridgehead atoms. The summed E-state index contributed by atoms with van der Waals surface area (Å²) in [6.45, 7) is 5.57. The Kier molecular flexibility index (Phi) is 5.78. The van der Waals surface area contributed by atoms with E-state index in [1.807, 2.05) is 62.4 Å². The van der Waals surface area contributed by atoms with Gasteiger partial charge in [-0.15, -0.1) is 0 Å². The van der Waals surface area contributed by atoms with Crippen LogP contribution in [0.2, 0.25) is 0 Å². The molecule has 0 aliphatic rings. The first-order chi connectivity index (χ1) is 11.3. The summed E-state index contributed by atoms with van der Waals surface area (Å²) in [5, 5.41) is 1.62. The number of aryl methyl sites for hydroxylation is 2. The molecular formula is C19H23NO3S. The second-order valence-corrected chi connectivity index (χ2v) is 8.40. The predicted octanol–water partition coefficient (Wildman–Crippen LogP) is 2.92. The Labute approximate surface area is 143 Å². The quantitative estimate of drug-likeness (QED) is 0.875. The van der Waals surface area contributed by atoms with Crippen LogP contribution in [0.5, 0.6) is 0 Å². The summed E-state index contributed by atoms with van der Waals surface area (Å²) in [6.07, 6.45) is 0. The van der Waals surface area contributed by atoms with Crippen LogP contribution >= 0.6 is 0 Å². The minimum absolute atomic E-state index is 0.125. The van der Waals surface area contributed by atoms with Crippen LogP contribution in [0.15, 0.2) is 48.5 Å². The molecule has 24 heavy (non-hydrogen) atoms. The number of hydrogen-bond acceptors (Lipinski definition) is 3. The molecular weight excluding hydrogens is 322 g/mol. The Morgan fingerprint density at radius 1 is 1.08 bits per heavy atom. The molecule has 0 spiro atoms. The Morgan fingerprint density at radius 2 is 1.75 bits per heavy atom. The fourth-order valence-electron chi connectivity index (χ4n) is 2.39. The number of rotatable bonds is 6. The van der Waals surface area contributed by atoms with E-state index in [2.05, 4.69) is 5.32 Å². The number of carbonyl (C=O) groups excluding carboxylic acids is 1. The van der Waals surface area contributed by atoms with Gasteiger partial charge in [-0.05, 0) is 37.5 Å². The summed E-state index contributed by atoms with van der Waals surface area (Å²) in [7, 11) is -3.57. The zero-order valence-electron chi connectivity index (χ0n) is 14.2. The molecule has 2 aromatic carbocycles. The number of hydrogen-bond donors (Lipinski definition) is 1. The summed E-state index contributed by atoms with van der Waals surface area (Å²) < 4.78 is 25.1. The molecule has 4 nitrogen and oxygen atoms in total. The van der Waals surface area contributed by atoms with Gasteiger partial charge in [0.1, 0.15) is 5.25 Å². The molecule has 5 heteroatoms. The lowest BCUT2D eigenvalue weighted by Crippen LogP contribution is -2.38. The van der Waals surface area contributed by atoms with Crippen molar-refractivity contribution in [1.82, 2.24) is 5.32 Å². The molecule has 0 fully saturated rings. The Hall–Kier alpha value is -2.14. The highest BCUT2D eigenvalue weighted by Crippen LogP contribution is 2.17. The highest BCUT2D eigenvalue weighted by atomic mass is 32.2. The van der Waals surface area contributed by atoms with E-state index < -0.39 is 21.0 Å². The fourth-order valence-corrected chi connectivity index (χ4v) is 3.79. The van der Waals surface area contributed by atoms with Crippen molar-refractivity contribution in [3.05, 3.63) is 70.8 Å². The van der Waals surface area contributed by atoms with Crippen LogP contribution in [0.1, 0.15) is 29.2 Å². The van der Waals surface area contributed by atoms with E-state index >= 15 is 0 Å². The summed E-state index contributed by atoms with van der Waals surface area (Å²) in [4.78, 5) is 12.2. The Balaban J connectivity index is 2.05. The third kappa shape index (κ3) is 4.68. The van der Waals surface area contributed by atoms with Crippen molar-refractivity contribution in [1.29, 1.82) is 0 Å². The maximum absolute atomic E-state index is 12.6. The van der Waals surface area contributed by atoms with Gasteiger partial charge in [-0.1, -0.05) is 54.1 Å². The van der Waals surface area contributed by atoms with E-state index in [1.54, 1.807) is 0 Å². The molecule has 0 saturated heterocycles. The third-order valence-electron chi connectivity index (χ3n) is 4.08. The summed E-state index contributed by atoms with van der Waals surface area (Å²) in [5.74, 6) is -0.593. The van der Waals surface area contributed by atoms with Crippen molar-refractivity contribution in [2.45, 2.75) is 38.3 Å². The minimum atomic E-state index is -3.57. The summed E-state index contributed by atoms with van der Waals surface area (Å²) in [5.41, 5.74) is 3.61. The Bertz CT molecular complexity index is 814. The molecule has 1 atom stereocenters. The normalized spacial score (nSPS) is 12.6. The Morgan fingerprint density at radius 3 is 2.42 bits per heavy atom. The largest absolute Gasteiger partial charge is 0.351 e. The van der Waals surface area contributed by atoms with Gasteiger partial charge in [0, 0.05) is 6.54 Å². The van der Waals surface area contributed by atoms with Gasteiger partial charge in [-0.25, -0.2) is 8.42 Å². The van der Waals surface area contributed by atoms with Crippen molar-refractivity contribution < 1.29 is 13.2 Å². The second-order valence-electron chi connectivity index (χ2n) is 6.08. The topological polar surface area (TPSA) is 63.2 Å². The van der Waals surface area contributed by atoms with Gasteiger partial charge >= 0.3 is 0 Å². The second kappa shape index (κ2) is 7.62. The molecule has 0 saturated carbocycles. The average Bonchev–Trinajstić information content (AvgIpc) is 2.56. The van der Waals surface area contributed by atoms with E-state index in [1.165, 1.54) is 6.92 Å². The maximum Gasteiger partial charge on any atom is 0.238 e. The summed E-state index contributed by atoms with van der Waals surface area (Å²) in [6, 6.07) is 15.1. The van der Waals surface area contributed by atoms with Gasteiger partial charge in [-0.3, -0.25) is 4.79 Å². The van der Waals surface area contributed by atoms with Crippen molar-refractivity contribution >= 4 is 15.7 Å². The first-order valence-electron chi connectivity index (χ1n) is 7.89. The monoisotopic (exact) mass is 345 g/mol. The number of sulfone groups is 1. The van der Waals surface area contributed by atoms with Crippen LogP contribution < -0.4 is 5.32 Å². The smallest absolute Gasteiger partial charge is 0.238 e. The number of amides is 1. The van der Waals surface area contributed by atoms with Crippen LogP contribution in [-0.4, -0.2) is 19.6 Å². The molecule has 2 rings (SSSR count). The molecule has 0 radical (unpaired) electrons. The minimum Gasteiger partial charge on any atom is -0.351 e. The van der Waals surface area contributed by atoms with Crippen molar-refractivity contribution in [3.63, 3.8) is 0 Å². The van der Waals surface area contributed by atoms with Gasteiger partial charge in [0.25, 0.3) is 0 Å². The van der Waals surface area contributed by atoms with Gasteiger partial charge < -0.3 is 5.32 Å². The van der Waals surface area contributed by atoms with Crippen LogP contribution in [0.3, 0.4) is 0 Å². The first kappa shape index (κ1) is 18.2. The van der Waals surface area contributed by atoms with Gasteiger partial charge in [0.05, 0.1) is 5.75 Å². The maximum atomic E-state index is 12.6. The van der Waals surface area contributed by atoms with E-state index in [9.17, 15) is 13.2 Å². The van der Waals surface area contributed by atoms with Crippen molar-refractivity contribution in [2.24, 2.45) is 0 Å². The molecule has 0 aliphatic heterocycles. The fraction of sp³-hybridized carbons (Fsp3) is 0.316. The van der Waals surface area contributed by atoms with Crippen LogP contribution in [0.4, 0.5) is 0 Å². The summed E-state index contributed by atoms with van der Waals surface area (Å²) >= 11 is 0. The van der Waals surface area contributed by atoms with Gasteiger partial charge in [0.2, 0.25) is 5.91 Å². The lowest BCUT2D eigenvalue weighted by atomic mass is 10.1. The highest BCUT2D eigenvalue weighted by Gasteiger charge is 2.28. The lowest BCUT2D eigenvalue weighted by molar-refractivity contribution is -0.120. The molecule has 128 valence electrons. The highest BCUT2D eigenvalue weighted by molar-refractivity contribution is 7.92. The van der Waals surface area contributed by atoms with Gasteiger partial charge in [-0.2, -0.15) is 0 Å². The van der Waals surface area contributed by atoms with Crippen LogP contribution in [-0.2, 0) is 26.9 Å². The van der Waals surface area contributed by atoms with Crippen LogP contribution in [0.25, 0.3) is 0 Å². The zero-order chi connectivity index (χ0) is 17.7. The number of carbonyl (C=O) groups is 1. The van der Waals surface area contributed by atoms with Crippen molar-refractivity contribution in [2.75, 3.05) is 0 Å². The molecule has 2 aromatic rings. The SMILES string of the molecule is Cc1ccc(C)c(CS(=O)(=O)[C@@H](C)C(=O)NCc2ccccc2)c1. The van der Waals surface area contributed by atoms with E-state index in [0.717, 1.165) is 22.3 Å². The third-order valence-corrected chi connectivity index (χ3v) is 6.08. The lowest BCUT2D eigenvalue weighted by Gasteiger charge is -2.15. The van der Waals surface area contributed by atoms with Crippen LogP contribution in [0, 0.1) is 13.8 Å². The molecule has 0 aromatic heterocycles. The van der Waals surface area contributed by atoms with E-state index in [0.29, 0.717) is 6.54 Å². The molecule has 1 amide bonds. The number of nitrogens with one attached hydrogen (secondary N) is 1. The predicted molar refractivity (Wildman–Crippen MR) is 96.3 cm³/mol. The average molecular weight is 345 g/mol. The molecule has 1 N–H and O–H groups in total. The van der Waals surface area contributed by atoms with E-state index in [-0.39, 0.29) is 5.75 Å². The molecule has 0 unspecified atom stereocenters. The molecule has 0 heterocycles. The van der Waals surface area contributed by atoms with E-state index in [4.69, 9.17) is 0 Å². The molecule has 0 aliphatic carbocycles. The standard InChI is InChI=1S/C19H23NO3S/c1-14-9-10-15(2)18(11-14)13-24(22,23)16(3)19(21)20-12-17-7-5-4-6-8-17/h4-11,16H,12-13H2,1-3H3,(H,20,21)/t16-/m0/s1. The van der Waals surface area contributed by atoms with Crippen molar-refractivity contribution in [3.8, 4) is 0 Å².